The number of methoxy groups -OCH3 is 1. The van der Waals surface area contributed by atoms with Crippen LogP contribution in [0.2, 0.25) is 0 Å². The average molecular weight is 355 g/mol. The third kappa shape index (κ3) is 3.52. The van der Waals surface area contributed by atoms with Crippen molar-refractivity contribution in [3.63, 3.8) is 0 Å². The molecule has 0 aliphatic carbocycles. The smallest absolute Gasteiger partial charge is 0.136 e. The fraction of sp³-hybridized carbons (Fsp3) is 0.500. The zero-order valence-corrected chi connectivity index (χ0v) is 15.4. The molecule has 0 bridgehead atoms. The van der Waals surface area contributed by atoms with E-state index in [1.807, 2.05) is 19.1 Å². The number of aryl methyl sites for hydroxylation is 1. The van der Waals surface area contributed by atoms with Gasteiger partial charge in [-0.3, -0.25) is 0 Å². The summed E-state index contributed by atoms with van der Waals surface area (Å²) in [5.41, 5.74) is 3.35. The van der Waals surface area contributed by atoms with E-state index >= 15 is 0 Å². The van der Waals surface area contributed by atoms with Crippen LogP contribution < -0.4 is 9.64 Å². The summed E-state index contributed by atoms with van der Waals surface area (Å²) in [4.78, 5) is 11.8. The molecule has 0 unspecified atom stereocenters. The van der Waals surface area contributed by atoms with Crippen LogP contribution in [0.4, 0.5) is 5.82 Å². The van der Waals surface area contributed by atoms with Crippen LogP contribution in [0, 0.1) is 6.92 Å². The number of hydrogen-bond acceptors (Lipinski definition) is 6. The molecular weight excluding hydrogens is 330 g/mol. The summed E-state index contributed by atoms with van der Waals surface area (Å²) >= 11 is 0. The molecule has 1 aromatic carbocycles. The number of aromatic nitrogens is 2. The van der Waals surface area contributed by atoms with E-state index in [0.717, 1.165) is 49.0 Å². The molecule has 0 saturated carbocycles. The molecule has 2 aromatic rings. The van der Waals surface area contributed by atoms with Crippen LogP contribution in [0.1, 0.15) is 29.1 Å². The Kier molecular flexibility index (Phi) is 5.04. The first-order valence-electron chi connectivity index (χ1n) is 9.17. The second-order valence-electron chi connectivity index (χ2n) is 6.81. The van der Waals surface area contributed by atoms with Crippen LogP contribution in [0.15, 0.2) is 24.3 Å². The van der Waals surface area contributed by atoms with E-state index in [0.29, 0.717) is 19.8 Å². The largest absolute Gasteiger partial charge is 0.487 e. The first-order valence-corrected chi connectivity index (χ1v) is 9.17. The summed E-state index contributed by atoms with van der Waals surface area (Å²) < 4.78 is 17.1. The topological polar surface area (TPSA) is 56.7 Å². The summed E-state index contributed by atoms with van der Waals surface area (Å²) in [6.45, 7) is 5.52. The maximum Gasteiger partial charge on any atom is 0.136 e. The van der Waals surface area contributed by atoms with Gasteiger partial charge in [0, 0.05) is 38.8 Å². The number of anilines is 1. The molecule has 1 saturated heterocycles. The lowest BCUT2D eigenvalue weighted by Crippen LogP contribution is -2.44. The summed E-state index contributed by atoms with van der Waals surface area (Å²) in [5.74, 6) is 2.75. The van der Waals surface area contributed by atoms with Gasteiger partial charge in [0.05, 0.1) is 18.4 Å². The molecule has 0 radical (unpaired) electrons. The molecule has 2 aliphatic heterocycles. The van der Waals surface area contributed by atoms with Gasteiger partial charge < -0.3 is 19.1 Å². The summed E-state index contributed by atoms with van der Waals surface area (Å²) in [6.07, 6.45) is 1.86. The highest BCUT2D eigenvalue weighted by Gasteiger charge is 2.27. The maximum atomic E-state index is 6.00. The molecule has 138 valence electrons. The zero-order valence-electron chi connectivity index (χ0n) is 15.4. The van der Waals surface area contributed by atoms with Gasteiger partial charge in [0.1, 0.15) is 24.0 Å². The fourth-order valence-corrected chi connectivity index (χ4v) is 3.66. The highest BCUT2D eigenvalue weighted by molar-refractivity contribution is 5.54. The van der Waals surface area contributed by atoms with Crippen molar-refractivity contribution in [1.82, 2.24) is 9.97 Å². The monoisotopic (exact) mass is 355 g/mol. The van der Waals surface area contributed by atoms with E-state index in [9.17, 15) is 0 Å². The molecule has 0 spiro atoms. The quantitative estimate of drug-likeness (QED) is 0.840. The van der Waals surface area contributed by atoms with Crippen LogP contribution in [0.5, 0.6) is 5.75 Å². The molecule has 1 atom stereocenters. The van der Waals surface area contributed by atoms with Gasteiger partial charge in [0.25, 0.3) is 0 Å². The number of morpholine rings is 1. The van der Waals surface area contributed by atoms with E-state index in [2.05, 4.69) is 22.0 Å². The lowest BCUT2D eigenvalue weighted by Gasteiger charge is -2.35. The summed E-state index contributed by atoms with van der Waals surface area (Å²) in [6, 6.07) is 8.21. The molecule has 3 heterocycles. The third-order valence-corrected chi connectivity index (χ3v) is 4.97. The second kappa shape index (κ2) is 7.60. The highest BCUT2D eigenvalue weighted by Crippen LogP contribution is 2.32. The Morgan fingerprint density at radius 1 is 1.27 bits per heavy atom. The van der Waals surface area contributed by atoms with Gasteiger partial charge in [-0.05, 0) is 25.0 Å². The van der Waals surface area contributed by atoms with Crippen molar-refractivity contribution in [3.8, 4) is 5.75 Å². The van der Waals surface area contributed by atoms with Crippen molar-refractivity contribution in [2.45, 2.75) is 32.5 Å². The average Bonchev–Trinajstić information content (AvgIpc) is 2.85. The first-order chi connectivity index (χ1) is 12.7. The second-order valence-corrected chi connectivity index (χ2v) is 6.81. The highest BCUT2D eigenvalue weighted by atomic mass is 16.5. The van der Waals surface area contributed by atoms with Crippen molar-refractivity contribution in [3.05, 3.63) is 46.9 Å². The van der Waals surface area contributed by atoms with E-state index in [4.69, 9.17) is 19.2 Å². The number of hydrogen-bond donors (Lipinski definition) is 0. The van der Waals surface area contributed by atoms with Crippen molar-refractivity contribution in [1.29, 1.82) is 0 Å². The Hall–Kier alpha value is -2.18. The van der Waals surface area contributed by atoms with Crippen LogP contribution in [-0.4, -0.2) is 49.5 Å². The Bertz CT molecular complexity index is 781. The fourth-order valence-electron chi connectivity index (χ4n) is 3.66. The van der Waals surface area contributed by atoms with Gasteiger partial charge >= 0.3 is 0 Å². The van der Waals surface area contributed by atoms with E-state index in [1.165, 1.54) is 11.1 Å². The molecule has 26 heavy (non-hydrogen) atoms. The van der Waals surface area contributed by atoms with Crippen molar-refractivity contribution in [2.75, 3.05) is 38.3 Å². The minimum absolute atomic E-state index is 0.170. The standard InChI is InChI=1S/C20H25N3O3/c1-14-21-18-13-26-19-6-4-3-5-15(19)11-17(18)20(22-14)23-8-10-25-16(12-23)7-9-24-2/h3-6,16H,7-13H2,1-2H3/t16-/m1/s1. The van der Waals surface area contributed by atoms with Gasteiger partial charge in [-0.1, -0.05) is 18.2 Å². The van der Waals surface area contributed by atoms with E-state index in [-0.39, 0.29) is 6.10 Å². The summed E-state index contributed by atoms with van der Waals surface area (Å²) in [7, 11) is 1.73. The normalized spacial score (nSPS) is 19.3. The van der Waals surface area contributed by atoms with Crippen molar-refractivity contribution >= 4 is 5.82 Å². The maximum absolute atomic E-state index is 6.00. The van der Waals surface area contributed by atoms with E-state index < -0.39 is 0 Å². The molecule has 1 fully saturated rings. The zero-order chi connectivity index (χ0) is 17.9. The van der Waals surface area contributed by atoms with E-state index in [1.54, 1.807) is 7.11 Å². The van der Waals surface area contributed by atoms with Crippen molar-refractivity contribution in [2.24, 2.45) is 0 Å². The minimum Gasteiger partial charge on any atom is -0.487 e. The predicted molar refractivity (Wildman–Crippen MR) is 98.8 cm³/mol. The Morgan fingerprint density at radius 3 is 3.04 bits per heavy atom. The number of para-hydroxylation sites is 1. The van der Waals surface area contributed by atoms with Crippen LogP contribution in [0.3, 0.4) is 0 Å². The number of ether oxygens (including phenoxy) is 3. The van der Waals surface area contributed by atoms with Gasteiger partial charge in [-0.25, -0.2) is 9.97 Å². The lowest BCUT2D eigenvalue weighted by molar-refractivity contribution is 0.0188. The number of benzene rings is 1. The van der Waals surface area contributed by atoms with Gasteiger partial charge in [-0.2, -0.15) is 0 Å². The van der Waals surface area contributed by atoms with Crippen LogP contribution in [0.25, 0.3) is 0 Å². The third-order valence-electron chi connectivity index (χ3n) is 4.97. The molecule has 1 aromatic heterocycles. The minimum atomic E-state index is 0.170. The molecule has 2 aliphatic rings. The molecule has 6 nitrogen and oxygen atoms in total. The van der Waals surface area contributed by atoms with Crippen LogP contribution >= 0.6 is 0 Å². The predicted octanol–water partition coefficient (Wildman–Crippen LogP) is 2.51. The Labute approximate surface area is 154 Å². The molecule has 0 N–H and O–H groups in total. The first kappa shape index (κ1) is 17.2. The molecule has 6 heteroatoms. The van der Waals surface area contributed by atoms with Gasteiger partial charge in [0.2, 0.25) is 0 Å². The van der Waals surface area contributed by atoms with Crippen molar-refractivity contribution < 1.29 is 14.2 Å². The number of nitrogens with zero attached hydrogens (tertiary/aromatic N) is 3. The van der Waals surface area contributed by atoms with Gasteiger partial charge in [-0.15, -0.1) is 0 Å². The SMILES string of the molecule is COCC[C@@H]1CN(c2nc(C)nc3c2Cc2ccccc2OC3)CCO1. The Morgan fingerprint density at radius 2 is 2.15 bits per heavy atom. The molecular formula is C20H25N3O3. The number of rotatable bonds is 4. The summed E-state index contributed by atoms with van der Waals surface area (Å²) in [5, 5.41) is 0. The molecule has 4 rings (SSSR count). The number of fused-ring (bicyclic) bond motifs is 2. The lowest BCUT2D eigenvalue weighted by atomic mass is 10.0. The van der Waals surface area contributed by atoms with Crippen LogP contribution in [-0.2, 0) is 22.5 Å². The Balaban J connectivity index is 1.66. The van der Waals surface area contributed by atoms with Gasteiger partial charge in [0.15, 0.2) is 0 Å². The molecule has 0 amide bonds.